The summed E-state index contributed by atoms with van der Waals surface area (Å²) in [5, 5.41) is 2.67. The Morgan fingerprint density at radius 3 is 2.55 bits per heavy atom. The average Bonchev–Trinajstić information content (AvgIpc) is 2.47. The maximum atomic E-state index is 10.3. The van der Waals surface area contributed by atoms with E-state index < -0.39 is 0 Å². The van der Waals surface area contributed by atoms with Gasteiger partial charge in [0.15, 0.2) is 0 Å². The first-order chi connectivity index (χ1) is 9.72. The second-order valence-corrected chi connectivity index (χ2v) is 4.75. The third kappa shape index (κ3) is 5.00. The molecule has 0 bridgehead atoms. The van der Waals surface area contributed by atoms with E-state index in [0.717, 1.165) is 24.1 Å². The van der Waals surface area contributed by atoms with Crippen LogP contribution in [0.5, 0.6) is 0 Å². The molecular formula is C17H24N2O. The summed E-state index contributed by atoms with van der Waals surface area (Å²) in [5.74, 6) is 0. The molecule has 3 heteroatoms. The molecular weight excluding hydrogens is 248 g/mol. The summed E-state index contributed by atoms with van der Waals surface area (Å²) < 4.78 is 0. The van der Waals surface area contributed by atoms with Gasteiger partial charge in [-0.2, -0.15) is 0 Å². The van der Waals surface area contributed by atoms with Crippen LogP contribution >= 0.6 is 0 Å². The van der Waals surface area contributed by atoms with E-state index in [1.807, 2.05) is 13.1 Å². The summed E-state index contributed by atoms with van der Waals surface area (Å²) in [6.07, 6.45) is 5.95. The van der Waals surface area contributed by atoms with Crippen LogP contribution in [0.15, 0.2) is 35.0 Å². The fourth-order valence-corrected chi connectivity index (χ4v) is 2.14. The standard InChI is InChI=1S/C17H24N2O/c1-4-6-7-17(14(3)19-5-2)16-10-8-15(9-11-16)12-18-13-20/h5,8-11,13H,4,6-7,12H2,1-3H3,(H,18,20)/b17-14+,19-5?. The van der Waals surface area contributed by atoms with Crippen LogP contribution in [0.2, 0.25) is 0 Å². The lowest BCUT2D eigenvalue weighted by Gasteiger charge is -2.11. The van der Waals surface area contributed by atoms with Gasteiger partial charge < -0.3 is 5.32 Å². The number of hydrogen-bond donors (Lipinski definition) is 1. The van der Waals surface area contributed by atoms with Gasteiger partial charge >= 0.3 is 0 Å². The van der Waals surface area contributed by atoms with Crippen molar-refractivity contribution < 1.29 is 4.79 Å². The summed E-state index contributed by atoms with van der Waals surface area (Å²) >= 11 is 0. The third-order valence-electron chi connectivity index (χ3n) is 3.23. The lowest BCUT2D eigenvalue weighted by Crippen LogP contribution is -2.09. The maximum Gasteiger partial charge on any atom is 0.207 e. The molecule has 1 amide bonds. The molecule has 1 aromatic rings. The second kappa shape index (κ2) is 9.08. The van der Waals surface area contributed by atoms with Crippen LogP contribution in [0, 0.1) is 0 Å². The van der Waals surface area contributed by atoms with Crippen molar-refractivity contribution in [2.45, 2.75) is 46.6 Å². The number of carbonyl (C=O) groups excluding carboxylic acids is 1. The summed E-state index contributed by atoms with van der Waals surface area (Å²) in [7, 11) is 0. The molecule has 0 spiro atoms. The number of amides is 1. The number of allylic oxidation sites excluding steroid dienone is 2. The molecule has 0 aliphatic rings. The van der Waals surface area contributed by atoms with Crippen LogP contribution in [-0.2, 0) is 11.3 Å². The highest BCUT2D eigenvalue weighted by atomic mass is 16.1. The van der Waals surface area contributed by atoms with Crippen molar-refractivity contribution in [3.63, 3.8) is 0 Å². The number of aliphatic imine (C=N–C) groups is 1. The molecule has 0 aliphatic heterocycles. The first-order valence-electron chi connectivity index (χ1n) is 7.17. The van der Waals surface area contributed by atoms with Crippen LogP contribution in [0.3, 0.4) is 0 Å². The van der Waals surface area contributed by atoms with Crippen molar-refractivity contribution >= 4 is 18.2 Å². The highest BCUT2D eigenvalue weighted by Crippen LogP contribution is 2.25. The molecule has 1 rings (SSSR count). The first-order valence-corrected chi connectivity index (χ1v) is 7.17. The van der Waals surface area contributed by atoms with Crippen molar-refractivity contribution in [2.24, 2.45) is 4.99 Å². The smallest absolute Gasteiger partial charge is 0.207 e. The topological polar surface area (TPSA) is 41.5 Å². The second-order valence-electron chi connectivity index (χ2n) is 4.75. The quantitative estimate of drug-likeness (QED) is 0.565. The number of rotatable bonds is 8. The van der Waals surface area contributed by atoms with Gasteiger partial charge in [0.05, 0.1) is 0 Å². The summed E-state index contributed by atoms with van der Waals surface area (Å²) in [6.45, 7) is 6.77. The molecule has 0 fully saturated rings. The van der Waals surface area contributed by atoms with Gasteiger partial charge in [-0.25, -0.2) is 0 Å². The monoisotopic (exact) mass is 272 g/mol. The highest BCUT2D eigenvalue weighted by Gasteiger charge is 2.05. The van der Waals surface area contributed by atoms with Crippen molar-refractivity contribution in [2.75, 3.05) is 0 Å². The number of nitrogens with one attached hydrogen (secondary N) is 1. The summed E-state index contributed by atoms with van der Waals surface area (Å²) in [4.78, 5) is 14.7. The summed E-state index contributed by atoms with van der Waals surface area (Å²) in [5.41, 5.74) is 4.71. The van der Waals surface area contributed by atoms with Crippen molar-refractivity contribution in [3.8, 4) is 0 Å². The van der Waals surface area contributed by atoms with Crippen molar-refractivity contribution in [1.82, 2.24) is 5.32 Å². The SMILES string of the molecule is CC=N/C(C)=C(\CCCC)c1ccc(CNC=O)cc1. The minimum atomic E-state index is 0.573. The van der Waals surface area contributed by atoms with Gasteiger partial charge in [-0.3, -0.25) is 9.79 Å². The molecule has 1 aromatic carbocycles. The zero-order valence-corrected chi connectivity index (χ0v) is 12.6. The molecule has 0 aromatic heterocycles. The van der Waals surface area contributed by atoms with Gasteiger partial charge in [-0.15, -0.1) is 0 Å². The number of carbonyl (C=O) groups is 1. The Hall–Kier alpha value is -1.90. The zero-order chi connectivity index (χ0) is 14.8. The molecule has 20 heavy (non-hydrogen) atoms. The number of nitrogens with zero attached hydrogens (tertiary/aromatic N) is 1. The predicted molar refractivity (Wildman–Crippen MR) is 85.6 cm³/mol. The number of benzene rings is 1. The van der Waals surface area contributed by atoms with Crippen LogP contribution in [0.25, 0.3) is 5.57 Å². The summed E-state index contributed by atoms with van der Waals surface area (Å²) in [6, 6.07) is 8.34. The van der Waals surface area contributed by atoms with Gasteiger partial charge in [0.25, 0.3) is 0 Å². The fraction of sp³-hybridized carbons (Fsp3) is 0.412. The molecule has 0 heterocycles. The fourth-order valence-electron chi connectivity index (χ4n) is 2.14. The van der Waals surface area contributed by atoms with Crippen LogP contribution < -0.4 is 5.32 Å². The lowest BCUT2D eigenvalue weighted by atomic mass is 9.97. The minimum Gasteiger partial charge on any atom is -0.355 e. The normalized spacial score (nSPS) is 12.3. The molecule has 1 N–H and O–H groups in total. The Balaban J connectivity index is 2.96. The Kier molecular flexibility index (Phi) is 7.33. The minimum absolute atomic E-state index is 0.573. The van der Waals surface area contributed by atoms with Crippen LogP contribution in [0.4, 0.5) is 0 Å². The Labute approximate surface area is 121 Å². The molecule has 0 radical (unpaired) electrons. The van der Waals surface area contributed by atoms with Gasteiger partial charge in [0.2, 0.25) is 6.41 Å². The largest absolute Gasteiger partial charge is 0.355 e. The molecule has 0 saturated carbocycles. The molecule has 0 saturated heterocycles. The Bertz CT molecular complexity index is 472. The predicted octanol–water partition coefficient (Wildman–Crippen LogP) is 3.94. The molecule has 0 atom stereocenters. The van der Waals surface area contributed by atoms with Gasteiger partial charge in [-0.1, -0.05) is 37.6 Å². The van der Waals surface area contributed by atoms with Gasteiger partial charge in [-0.05, 0) is 43.4 Å². The first kappa shape index (κ1) is 16.2. The van der Waals surface area contributed by atoms with E-state index >= 15 is 0 Å². The van der Waals surface area contributed by atoms with Crippen LogP contribution in [0.1, 0.15) is 51.2 Å². The van der Waals surface area contributed by atoms with Gasteiger partial charge in [0, 0.05) is 18.5 Å². The molecule has 0 unspecified atom stereocenters. The molecule has 108 valence electrons. The average molecular weight is 272 g/mol. The Morgan fingerprint density at radius 1 is 1.30 bits per heavy atom. The molecule has 0 aliphatic carbocycles. The Morgan fingerprint density at radius 2 is 2.00 bits per heavy atom. The van der Waals surface area contributed by atoms with Gasteiger partial charge in [0.1, 0.15) is 0 Å². The van der Waals surface area contributed by atoms with E-state index in [9.17, 15) is 4.79 Å². The lowest BCUT2D eigenvalue weighted by molar-refractivity contribution is -0.109. The van der Waals surface area contributed by atoms with E-state index in [-0.39, 0.29) is 0 Å². The van der Waals surface area contributed by atoms with Crippen LogP contribution in [-0.4, -0.2) is 12.6 Å². The van der Waals surface area contributed by atoms with E-state index in [2.05, 4.69) is 48.4 Å². The van der Waals surface area contributed by atoms with E-state index in [4.69, 9.17) is 0 Å². The molecule has 3 nitrogen and oxygen atoms in total. The third-order valence-corrected chi connectivity index (χ3v) is 3.23. The van der Waals surface area contributed by atoms with E-state index in [1.165, 1.54) is 24.0 Å². The maximum absolute atomic E-state index is 10.3. The van der Waals surface area contributed by atoms with E-state index in [1.54, 1.807) is 0 Å². The van der Waals surface area contributed by atoms with Crippen molar-refractivity contribution in [3.05, 3.63) is 41.1 Å². The van der Waals surface area contributed by atoms with Crippen molar-refractivity contribution in [1.29, 1.82) is 0 Å². The number of hydrogen-bond acceptors (Lipinski definition) is 2. The highest BCUT2D eigenvalue weighted by molar-refractivity contribution is 5.70. The van der Waals surface area contributed by atoms with E-state index in [0.29, 0.717) is 6.54 Å². The zero-order valence-electron chi connectivity index (χ0n) is 12.6. The number of unbranched alkanes of at least 4 members (excludes halogenated alkanes) is 1.